The van der Waals surface area contributed by atoms with Gasteiger partial charge < -0.3 is 10.1 Å². The number of carbonyl (C=O) groups excluding carboxylic acids is 2. The summed E-state index contributed by atoms with van der Waals surface area (Å²) in [5.74, 6) is -0.680. The molecule has 0 aliphatic heterocycles. The van der Waals surface area contributed by atoms with E-state index in [4.69, 9.17) is 0 Å². The first-order chi connectivity index (χ1) is 14.3. The van der Waals surface area contributed by atoms with Gasteiger partial charge in [-0.1, -0.05) is 6.07 Å². The standard InChI is InChI=1S/C20H19N5O5/c1-12-6-13(2)24(23-12)18-5-4-14(10-21-18)11-22-19(26)15-7-16(20(27)30-3)9-17(8-15)25(28)29/h4-10H,11H2,1-3H3,(H,22,26). The highest BCUT2D eigenvalue weighted by Crippen LogP contribution is 2.18. The monoisotopic (exact) mass is 409 g/mol. The Balaban J connectivity index is 1.74. The fourth-order valence-electron chi connectivity index (χ4n) is 2.88. The molecular formula is C20H19N5O5. The SMILES string of the molecule is COC(=O)c1cc(C(=O)NCc2ccc(-n3nc(C)cc3C)nc2)cc([N+](=O)[O-])c1. The van der Waals surface area contributed by atoms with Crippen molar-refractivity contribution in [3.05, 3.63) is 80.8 Å². The number of esters is 1. The van der Waals surface area contributed by atoms with Crippen molar-refractivity contribution in [2.45, 2.75) is 20.4 Å². The molecule has 1 aromatic carbocycles. The van der Waals surface area contributed by atoms with Crippen LogP contribution in [0.2, 0.25) is 0 Å². The highest BCUT2D eigenvalue weighted by atomic mass is 16.6. The van der Waals surface area contributed by atoms with E-state index in [1.165, 1.54) is 6.07 Å². The number of nitro groups is 1. The third-order valence-corrected chi connectivity index (χ3v) is 4.30. The van der Waals surface area contributed by atoms with Crippen LogP contribution in [0.5, 0.6) is 0 Å². The fraction of sp³-hybridized carbons (Fsp3) is 0.200. The van der Waals surface area contributed by atoms with Crippen LogP contribution in [-0.2, 0) is 11.3 Å². The van der Waals surface area contributed by atoms with Crippen molar-refractivity contribution >= 4 is 17.6 Å². The number of methoxy groups -OCH3 is 1. The Labute approximate surface area is 171 Å². The molecule has 0 fully saturated rings. The van der Waals surface area contributed by atoms with Crippen LogP contribution in [0.3, 0.4) is 0 Å². The Morgan fingerprint density at radius 3 is 2.47 bits per heavy atom. The van der Waals surface area contributed by atoms with Gasteiger partial charge >= 0.3 is 5.97 Å². The van der Waals surface area contributed by atoms with Crippen molar-refractivity contribution in [2.24, 2.45) is 0 Å². The predicted octanol–water partition coefficient (Wildman–Crippen LogP) is 2.51. The lowest BCUT2D eigenvalue weighted by Crippen LogP contribution is -2.23. The molecule has 10 heteroatoms. The minimum Gasteiger partial charge on any atom is -0.465 e. The van der Waals surface area contributed by atoms with Gasteiger partial charge in [-0.2, -0.15) is 5.10 Å². The molecule has 154 valence electrons. The second-order valence-electron chi connectivity index (χ2n) is 6.56. The summed E-state index contributed by atoms with van der Waals surface area (Å²) < 4.78 is 6.30. The molecule has 10 nitrogen and oxygen atoms in total. The molecule has 2 aromatic heterocycles. The van der Waals surface area contributed by atoms with Crippen LogP contribution in [0.1, 0.15) is 37.7 Å². The van der Waals surface area contributed by atoms with Crippen molar-refractivity contribution in [2.75, 3.05) is 7.11 Å². The van der Waals surface area contributed by atoms with Gasteiger partial charge in [0, 0.05) is 36.1 Å². The van der Waals surface area contributed by atoms with E-state index in [2.05, 4.69) is 20.1 Å². The number of ether oxygens (including phenoxy) is 1. The van der Waals surface area contributed by atoms with Gasteiger partial charge in [0.15, 0.2) is 5.82 Å². The van der Waals surface area contributed by atoms with Crippen LogP contribution in [0.4, 0.5) is 5.69 Å². The number of nitrogens with one attached hydrogen (secondary N) is 1. The van der Waals surface area contributed by atoms with Gasteiger partial charge in [0.25, 0.3) is 11.6 Å². The molecule has 3 rings (SSSR count). The minimum atomic E-state index is -0.767. The average molecular weight is 409 g/mol. The molecular weight excluding hydrogens is 390 g/mol. The van der Waals surface area contributed by atoms with Crippen LogP contribution < -0.4 is 5.32 Å². The van der Waals surface area contributed by atoms with Crippen LogP contribution in [0.25, 0.3) is 5.82 Å². The van der Waals surface area contributed by atoms with Gasteiger partial charge in [0.2, 0.25) is 0 Å². The molecule has 0 aliphatic rings. The lowest BCUT2D eigenvalue weighted by atomic mass is 10.1. The molecule has 0 saturated heterocycles. The van der Waals surface area contributed by atoms with Crippen molar-refractivity contribution in [1.29, 1.82) is 0 Å². The number of benzene rings is 1. The van der Waals surface area contributed by atoms with Gasteiger partial charge in [-0.05, 0) is 37.6 Å². The number of aromatic nitrogens is 3. The summed E-state index contributed by atoms with van der Waals surface area (Å²) in [6.45, 7) is 3.98. The molecule has 0 radical (unpaired) electrons. The van der Waals surface area contributed by atoms with E-state index in [1.54, 1.807) is 23.0 Å². The number of amides is 1. The highest BCUT2D eigenvalue weighted by molar-refractivity contribution is 5.98. The molecule has 2 heterocycles. The van der Waals surface area contributed by atoms with Crippen LogP contribution in [0, 0.1) is 24.0 Å². The Morgan fingerprint density at radius 1 is 1.17 bits per heavy atom. The molecule has 3 aromatic rings. The number of hydrogen-bond donors (Lipinski definition) is 1. The van der Waals surface area contributed by atoms with E-state index in [9.17, 15) is 19.7 Å². The number of nitro benzene ring substituents is 1. The molecule has 0 unspecified atom stereocenters. The molecule has 1 N–H and O–H groups in total. The summed E-state index contributed by atoms with van der Waals surface area (Å²) >= 11 is 0. The van der Waals surface area contributed by atoms with Crippen LogP contribution in [0.15, 0.2) is 42.6 Å². The Kier molecular flexibility index (Phi) is 5.86. The van der Waals surface area contributed by atoms with E-state index in [0.29, 0.717) is 5.82 Å². The van der Waals surface area contributed by atoms with Gasteiger partial charge in [0.1, 0.15) is 0 Å². The average Bonchev–Trinajstić information content (AvgIpc) is 3.09. The maximum absolute atomic E-state index is 12.5. The lowest BCUT2D eigenvalue weighted by molar-refractivity contribution is -0.384. The summed E-state index contributed by atoms with van der Waals surface area (Å²) in [7, 11) is 1.16. The van der Waals surface area contributed by atoms with Crippen molar-refractivity contribution in [1.82, 2.24) is 20.1 Å². The highest BCUT2D eigenvalue weighted by Gasteiger charge is 2.18. The zero-order valence-electron chi connectivity index (χ0n) is 16.6. The zero-order valence-corrected chi connectivity index (χ0v) is 16.6. The molecule has 0 spiro atoms. The van der Waals surface area contributed by atoms with Crippen molar-refractivity contribution < 1.29 is 19.2 Å². The number of rotatable bonds is 6. The van der Waals surface area contributed by atoms with Crippen LogP contribution >= 0.6 is 0 Å². The Bertz CT molecular complexity index is 1120. The van der Waals surface area contributed by atoms with E-state index in [1.807, 2.05) is 19.9 Å². The van der Waals surface area contributed by atoms with Gasteiger partial charge in [-0.15, -0.1) is 0 Å². The minimum absolute atomic E-state index is 0.0168. The second kappa shape index (κ2) is 8.52. The summed E-state index contributed by atoms with van der Waals surface area (Å²) in [5.41, 5.74) is 2.10. The first-order valence-corrected chi connectivity index (χ1v) is 8.93. The molecule has 30 heavy (non-hydrogen) atoms. The smallest absolute Gasteiger partial charge is 0.338 e. The van der Waals surface area contributed by atoms with E-state index in [0.717, 1.165) is 36.2 Å². The van der Waals surface area contributed by atoms with Gasteiger partial charge in [-0.25, -0.2) is 14.5 Å². The molecule has 0 atom stereocenters. The largest absolute Gasteiger partial charge is 0.465 e. The number of non-ortho nitro benzene ring substituents is 1. The number of nitrogens with zero attached hydrogens (tertiary/aromatic N) is 4. The number of hydrogen-bond acceptors (Lipinski definition) is 7. The topological polar surface area (TPSA) is 129 Å². The van der Waals surface area contributed by atoms with Crippen molar-refractivity contribution in [3.63, 3.8) is 0 Å². The quantitative estimate of drug-likeness (QED) is 0.376. The Morgan fingerprint density at radius 2 is 1.90 bits per heavy atom. The molecule has 0 saturated carbocycles. The fourth-order valence-corrected chi connectivity index (χ4v) is 2.88. The van der Waals surface area contributed by atoms with Gasteiger partial charge in [0.05, 0.1) is 23.3 Å². The van der Waals surface area contributed by atoms with E-state index >= 15 is 0 Å². The lowest BCUT2D eigenvalue weighted by Gasteiger charge is -2.08. The Hall–Kier alpha value is -4.08. The van der Waals surface area contributed by atoms with Crippen LogP contribution in [-0.4, -0.2) is 38.7 Å². The second-order valence-corrected chi connectivity index (χ2v) is 6.56. The first-order valence-electron chi connectivity index (χ1n) is 8.93. The zero-order chi connectivity index (χ0) is 21.8. The van der Waals surface area contributed by atoms with Crippen molar-refractivity contribution in [3.8, 4) is 5.82 Å². The maximum atomic E-state index is 12.5. The van der Waals surface area contributed by atoms with Gasteiger partial charge in [-0.3, -0.25) is 14.9 Å². The molecule has 0 aliphatic carbocycles. The molecule has 1 amide bonds. The van der Waals surface area contributed by atoms with E-state index < -0.39 is 16.8 Å². The maximum Gasteiger partial charge on any atom is 0.338 e. The molecule has 0 bridgehead atoms. The van der Waals surface area contributed by atoms with E-state index in [-0.39, 0.29) is 23.4 Å². The summed E-state index contributed by atoms with van der Waals surface area (Å²) in [4.78, 5) is 39.0. The predicted molar refractivity (Wildman–Crippen MR) is 106 cm³/mol. The summed E-state index contributed by atoms with van der Waals surface area (Å²) in [5, 5.41) is 18.1. The number of aryl methyl sites for hydroxylation is 2. The first kappa shape index (κ1) is 20.6. The third-order valence-electron chi connectivity index (χ3n) is 4.30. The normalized spacial score (nSPS) is 10.5. The number of carbonyl (C=O) groups is 2. The third kappa shape index (κ3) is 4.49. The summed E-state index contributed by atoms with van der Waals surface area (Å²) in [6, 6.07) is 8.93. The summed E-state index contributed by atoms with van der Waals surface area (Å²) in [6.07, 6.45) is 1.61. The number of pyridine rings is 1.